The minimum absolute atomic E-state index is 0.0471. The predicted molar refractivity (Wildman–Crippen MR) is 85.2 cm³/mol. The van der Waals surface area contributed by atoms with Gasteiger partial charge in [-0.05, 0) is 37.8 Å². The van der Waals surface area contributed by atoms with E-state index >= 15 is 0 Å². The van der Waals surface area contributed by atoms with Crippen molar-refractivity contribution in [3.8, 4) is 0 Å². The Labute approximate surface area is 131 Å². The maximum atomic E-state index is 12.9. The molecule has 0 spiro atoms. The molecule has 1 aliphatic heterocycles. The second kappa shape index (κ2) is 7.19. The number of ether oxygens (including phenoxy) is 1. The molecule has 0 bridgehead atoms. The first-order valence-electron chi connectivity index (χ1n) is 7.36. The van der Waals surface area contributed by atoms with Crippen molar-refractivity contribution in [2.45, 2.75) is 44.7 Å². The highest BCUT2D eigenvalue weighted by Gasteiger charge is 2.32. The highest BCUT2D eigenvalue weighted by molar-refractivity contribution is 7.89. The molecule has 2 rings (SSSR count). The lowest BCUT2D eigenvalue weighted by atomic mass is 10.3. The molecule has 1 aliphatic rings. The van der Waals surface area contributed by atoms with Gasteiger partial charge in [-0.1, -0.05) is 6.92 Å². The number of rotatable bonds is 6. The quantitative estimate of drug-likeness (QED) is 0.809. The minimum atomic E-state index is -3.43. The molecule has 0 radical (unpaired) electrons. The summed E-state index contributed by atoms with van der Waals surface area (Å²) in [5, 5.41) is 5.22. The van der Waals surface area contributed by atoms with Crippen LogP contribution >= 0.6 is 11.3 Å². The molecule has 7 heteroatoms. The second-order valence-electron chi connectivity index (χ2n) is 5.39. The van der Waals surface area contributed by atoms with Crippen LogP contribution in [0.1, 0.15) is 30.7 Å². The molecule has 0 amide bonds. The summed E-state index contributed by atoms with van der Waals surface area (Å²) in [6.45, 7) is 8.71. The molecule has 0 aromatic carbocycles. The van der Waals surface area contributed by atoms with Gasteiger partial charge in [0.2, 0.25) is 10.0 Å². The molecule has 0 aliphatic carbocycles. The third-order valence-electron chi connectivity index (χ3n) is 3.50. The summed E-state index contributed by atoms with van der Waals surface area (Å²) in [5.41, 5.74) is 0.840. The monoisotopic (exact) mass is 332 g/mol. The number of morpholine rings is 1. The van der Waals surface area contributed by atoms with Crippen molar-refractivity contribution in [3.05, 3.63) is 15.8 Å². The van der Waals surface area contributed by atoms with Crippen LogP contribution in [0, 0.1) is 6.92 Å². The molecule has 21 heavy (non-hydrogen) atoms. The number of aryl methyl sites for hydroxylation is 1. The van der Waals surface area contributed by atoms with Crippen LogP contribution in [0.4, 0.5) is 0 Å². The van der Waals surface area contributed by atoms with Crippen LogP contribution in [-0.4, -0.2) is 45.1 Å². The number of sulfonamides is 1. The lowest BCUT2D eigenvalue weighted by molar-refractivity contribution is 0.0101. The van der Waals surface area contributed by atoms with Crippen LogP contribution < -0.4 is 5.32 Å². The lowest BCUT2D eigenvalue weighted by Gasteiger charge is -2.30. The van der Waals surface area contributed by atoms with E-state index in [-0.39, 0.29) is 6.10 Å². The van der Waals surface area contributed by atoms with E-state index in [0.717, 1.165) is 23.4 Å². The zero-order chi connectivity index (χ0) is 15.5. The Morgan fingerprint density at radius 3 is 2.95 bits per heavy atom. The van der Waals surface area contributed by atoms with Gasteiger partial charge in [0.1, 0.15) is 4.90 Å². The summed E-state index contributed by atoms with van der Waals surface area (Å²) in [6.07, 6.45) is 0.988. The summed E-state index contributed by atoms with van der Waals surface area (Å²) in [4.78, 5) is 1.39. The van der Waals surface area contributed by atoms with Crippen molar-refractivity contribution in [3.63, 3.8) is 0 Å². The average molecular weight is 332 g/mol. The van der Waals surface area contributed by atoms with Crippen molar-refractivity contribution in [1.82, 2.24) is 9.62 Å². The van der Waals surface area contributed by atoms with Gasteiger partial charge in [0, 0.05) is 24.5 Å². The molecule has 1 atom stereocenters. The summed E-state index contributed by atoms with van der Waals surface area (Å²) in [7, 11) is -3.43. The van der Waals surface area contributed by atoms with Crippen LogP contribution in [-0.2, 0) is 21.3 Å². The van der Waals surface area contributed by atoms with Gasteiger partial charge in [-0.15, -0.1) is 11.3 Å². The SMILES string of the molecule is CCCNCc1scc(C)c1S(=O)(=O)N1CCOC(C)C1. The lowest BCUT2D eigenvalue weighted by Crippen LogP contribution is -2.44. The van der Waals surface area contributed by atoms with Crippen LogP contribution in [0.2, 0.25) is 0 Å². The topological polar surface area (TPSA) is 58.6 Å². The number of hydrogen-bond acceptors (Lipinski definition) is 5. The van der Waals surface area contributed by atoms with E-state index in [9.17, 15) is 8.42 Å². The molecular formula is C14H24N2O3S2. The van der Waals surface area contributed by atoms with E-state index in [4.69, 9.17) is 4.74 Å². The molecular weight excluding hydrogens is 308 g/mol. The van der Waals surface area contributed by atoms with E-state index < -0.39 is 10.0 Å². The second-order valence-corrected chi connectivity index (χ2v) is 8.23. The molecule has 1 unspecified atom stereocenters. The molecule has 0 saturated carbocycles. The number of nitrogens with zero attached hydrogens (tertiary/aromatic N) is 1. The zero-order valence-electron chi connectivity index (χ0n) is 12.9. The van der Waals surface area contributed by atoms with E-state index in [1.54, 1.807) is 4.31 Å². The Hall–Kier alpha value is -0.470. The summed E-state index contributed by atoms with van der Waals surface area (Å²) < 4.78 is 32.8. The van der Waals surface area contributed by atoms with Crippen molar-refractivity contribution < 1.29 is 13.2 Å². The first-order valence-corrected chi connectivity index (χ1v) is 9.68. The predicted octanol–water partition coefficient (Wildman–Crippen LogP) is 1.97. The summed E-state index contributed by atoms with van der Waals surface area (Å²) in [5.74, 6) is 0. The Morgan fingerprint density at radius 1 is 1.52 bits per heavy atom. The van der Waals surface area contributed by atoms with Crippen LogP contribution in [0.3, 0.4) is 0 Å². The van der Waals surface area contributed by atoms with Crippen LogP contribution in [0.15, 0.2) is 10.3 Å². The zero-order valence-corrected chi connectivity index (χ0v) is 14.5. The Balaban J connectivity index is 2.24. The van der Waals surface area contributed by atoms with Gasteiger partial charge in [0.25, 0.3) is 0 Å². The average Bonchev–Trinajstić information content (AvgIpc) is 2.81. The van der Waals surface area contributed by atoms with Gasteiger partial charge >= 0.3 is 0 Å². The fourth-order valence-corrected chi connectivity index (χ4v) is 5.70. The van der Waals surface area contributed by atoms with Crippen molar-refractivity contribution >= 4 is 21.4 Å². The highest BCUT2D eigenvalue weighted by Crippen LogP contribution is 2.30. The molecule has 1 aromatic heterocycles. The molecule has 1 aromatic rings. The van der Waals surface area contributed by atoms with Gasteiger partial charge < -0.3 is 10.1 Å². The maximum absolute atomic E-state index is 12.9. The standard InChI is InChI=1S/C14H24N2O3S2/c1-4-5-15-8-13-14(11(2)10-20-13)21(17,18)16-6-7-19-12(3)9-16/h10,12,15H,4-9H2,1-3H3. The summed E-state index contributed by atoms with van der Waals surface area (Å²) >= 11 is 1.52. The third-order valence-corrected chi connectivity index (χ3v) is 6.83. The first kappa shape index (κ1) is 16.9. The van der Waals surface area contributed by atoms with Gasteiger partial charge in [0.05, 0.1) is 12.7 Å². The van der Waals surface area contributed by atoms with E-state index in [1.165, 1.54) is 11.3 Å². The largest absolute Gasteiger partial charge is 0.376 e. The van der Waals surface area contributed by atoms with Crippen LogP contribution in [0.5, 0.6) is 0 Å². The fourth-order valence-electron chi connectivity index (χ4n) is 2.47. The Kier molecular flexibility index (Phi) is 5.79. The normalized spacial score (nSPS) is 20.8. The van der Waals surface area contributed by atoms with E-state index in [0.29, 0.717) is 31.1 Å². The van der Waals surface area contributed by atoms with Gasteiger partial charge in [-0.3, -0.25) is 0 Å². The number of thiophene rings is 1. The molecule has 5 nitrogen and oxygen atoms in total. The molecule has 1 saturated heterocycles. The van der Waals surface area contributed by atoms with E-state index in [2.05, 4.69) is 12.2 Å². The van der Waals surface area contributed by atoms with E-state index in [1.807, 2.05) is 19.2 Å². The highest BCUT2D eigenvalue weighted by atomic mass is 32.2. The number of hydrogen-bond donors (Lipinski definition) is 1. The smallest absolute Gasteiger partial charge is 0.244 e. The Bertz CT molecular complexity index is 569. The van der Waals surface area contributed by atoms with Crippen molar-refractivity contribution in [1.29, 1.82) is 0 Å². The Morgan fingerprint density at radius 2 is 2.29 bits per heavy atom. The van der Waals surface area contributed by atoms with Crippen molar-refractivity contribution in [2.24, 2.45) is 0 Å². The van der Waals surface area contributed by atoms with Gasteiger partial charge in [-0.2, -0.15) is 4.31 Å². The maximum Gasteiger partial charge on any atom is 0.244 e. The van der Waals surface area contributed by atoms with Gasteiger partial charge in [0.15, 0.2) is 0 Å². The molecule has 1 fully saturated rings. The van der Waals surface area contributed by atoms with Crippen LogP contribution in [0.25, 0.3) is 0 Å². The minimum Gasteiger partial charge on any atom is -0.376 e. The first-order chi connectivity index (χ1) is 9.96. The molecule has 120 valence electrons. The third kappa shape index (κ3) is 3.84. The fraction of sp³-hybridized carbons (Fsp3) is 0.714. The number of nitrogens with one attached hydrogen (secondary N) is 1. The molecule has 2 heterocycles. The molecule has 1 N–H and O–H groups in total. The van der Waals surface area contributed by atoms with Gasteiger partial charge in [-0.25, -0.2) is 8.42 Å². The summed E-state index contributed by atoms with van der Waals surface area (Å²) in [6, 6.07) is 0. The van der Waals surface area contributed by atoms with Crippen molar-refractivity contribution in [2.75, 3.05) is 26.2 Å².